The molecular formula is C61H34F5N3. The van der Waals surface area contributed by atoms with Crippen LogP contribution in [0.25, 0.3) is 111 Å². The summed E-state index contributed by atoms with van der Waals surface area (Å²) >= 11 is 0. The Labute approximate surface area is 392 Å². The van der Waals surface area contributed by atoms with Crippen molar-refractivity contribution in [3.05, 3.63) is 241 Å². The van der Waals surface area contributed by atoms with Crippen molar-refractivity contribution in [3.8, 4) is 73.1 Å². The van der Waals surface area contributed by atoms with Crippen molar-refractivity contribution in [2.75, 3.05) is 0 Å². The summed E-state index contributed by atoms with van der Waals surface area (Å²) in [6.45, 7) is 0. The zero-order valence-corrected chi connectivity index (χ0v) is 36.4. The Morgan fingerprint density at radius 3 is 0.841 bits per heavy atom. The lowest BCUT2D eigenvalue weighted by molar-refractivity contribution is 0.381. The topological polar surface area (TPSA) is 33.6 Å². The van der Waals surface area contributed by atoms with Gasteiger partial charge in [-0.1, -0.05) is 170 Å². The molecule has 0 bridgehead atoms. The first-order chi connectivity index (χ1) is 33.8. The number of halogens is 5. The second-order valence-electron chi connectivity index (χ2n) is 17.0. The van der Waals surface area contributed by atoms with Crippen molar-refractivity contribution >= 4 is 43.6 Å². The third-order valence-electron chi connectivity index (χ3n) is 13.2. The Hall–Kier alpha value is -9.06. The number of benzene rings is 10. The van der Waals surface area contributed by atoms with Crippen LogP contribution < -0.4 is 0 Å². The van der Waals surface area contributed by atoms with E-state index in [2.05, 4.69) is 6.07 Å². The molecule has 0 N–H and O–H groups in total. The number of nitrogens with zero attached hydrogens (tertiary/aromatic N) is 3. The second-order valence-corrected chi connectivity index (χ2v) is 17.0. The van der Waals surface area contributed by atoms with Gasteiger partial charge in [0.2, 0.25) is 5.82 Å². The SMILES string of the molecule is N#Cc1c(-n2c3cc(-c4ccccc4)ccc3c3ccc(-c4ccccc4)cc32)cc(-c2c(F)c(F)c(F)c(F)c2F)cc1-n1c2cc(-c3ccccc3)ccc2c2ccc(-c3ccccc3)cc21. The molecule has 0 saturated heterocycles. The van der Waals surface area contributed by atoms with E-state index in [1.807, 2.05) is 203 Å². The minimum absolute atomic E-state index is 0.0886. The van der Waals surface area contributed by atoms with Crippen LogP contribution in [-0.2, 0) is 0 Å². The van der Waals surface area contributed by atoms with Gasteiger partial charge in [-0.2, -0.15) is 5.26 Å². The monoisotopic (exact) mass is 903 g/mol. The van der Waals surface area contributed by atoms with Gasteiger partial charge in [0, 0.05) is 21.5 Å². The van der Waals surface area contributed by atoms with Crippen molar-refractivity contribution < 1.29 is 22.0 Å². The summed E-state index contributed by atoms with van der Waals surface area (Å²) in [4.78, 5) is 0. The van der Waals surface area contributed by atoms with Crippen LogP contribution in [0.15, 0.2) is 206 Å². The summed E-state index contributed by atoms with van der Waals surface area (Å²) < 4.78 is 82.2. The molecule has 12 aromatic rings. The van der Waals surface area contributed by atoms with Crippen molar-refractivity contribution in [3.63, 3.8) is 0 Å². The van der Waals surface area contributed by atoms with Crippen LogP contribution in [0.1, 0.15) is 5.56 Å². The highest BCUT2D eigenvalue weighted by atomic mass is 19.2. The van der Waals surface area contributed by atoms with Gasteiger partial charge in [-0.15, -0.1) is 0 Å². The third kappa shape index (κ3) is 6.70. The molecule has 0 spiro atoms. The van der Waals surface area contributed by atoms with E-state index in [0.29, 0.717) is 22.1 Å². The molecule has 3 nitrogen and oxygen atoms in total. The molecule has 0 aliphatic rings. The number of hydrogen-bond donors (Lipinski definition) is 0. The average molecular weight is 904 g/mol. The Bertz CT molecular complexity index is 3620. The van der Waals surface area contributed by atoms with E-state index < -0.39 is 34.6 Å². The van der Waals surface area contributed by atoms with Gasteiger partial charge in [-0.3, -0.25) is 0 Å². The van der Waals surface area contributed by atoms with Crippen LogP contribution >= 0.6 is 0 Å². The lowest BCUT2D eigenvalue weighted by Gasteiger charge is -2.20. The van der Waals surface area contributed by atoms with Gasteiger partial charge in [0.05, 0.1) is 39.0 Å². The van der Waals surface area contributed by atoms with Crippen LogP contribution in [0.5, 0.6) is 0 Å². The van der Waals surface area contributed by atoms with E-state index in [-0.39, 0.29) is 22.5 Å². The highest BCUT2D eigenvalue weighted by Gasteiger charge is 2.30. The fraction of sp³-hybridized carbons (Fsp3) is 0. The van der Waals surface area contributed by atoms with Crippen LogP contribution in [0, 0.1) is 40.4 Å². The molecule has 0 amide bonds. The smallest absolute Gasteiger partial charge is 0.200 e. The predicted molar refractivity (Wildman–Crippen MR) is 267 cm³/mol. The van der Waals surface area contributed by atoms with Gasteiger partial charge in [-0.05, 0) is 86.5 Å². The van der Waals surface area contributed by atoms with E-state index in [0.717, 1.165) is 66.1 Å². The van der Waals surface area contributed by atoms with Crippen LogP contribution in [0.2, 0.25) is 0 Å². The minimum Gasteiger partial charge on any atom is -0.308 e. The largest absolute Gasteiger partial charge is 0.308 e. The molecule has 328 valence electrons. The maximum Gasteiger partial charge on any atom is 0.200 e. The number of nitriles is 1. The van der Waals surface area contributed by atoms with Crippen molar-refractivity contribution in [2.45, 2.75) is 0 Å². The van der Waals surface area contributed by atoms with Crippen molar-refractivity contribution in [2.24, 2.45) is 0 Å². The summed E-state index contributed by atoms with van der Waals surface area (Å²) in [5.74, 6) is -10.4. The number of fused-ring (bicyclic) bond motifs is 6. The molecule has 0 unspecified atom stereocenters. The summed E-state index contributed by atoms with van der Waals surface area (Å²) in [7, 11) is 0. The molecule has 0 saturated carbocycles. The normalized spacial score (nSPS) is 11.5. The van der Waals surface area contributed by atoms with Gasteiger partial charge >= 0.3 is 0 Å². The zero-order chi connectivity index (χ0) is 46.9. The van der Waals surface area contributed by atoms with Gasteiger partial charge in [0.15, 0.2) is 23.3 Å². The zero-order valence-electron chi connectivity index (χ0n) is 36.4. The molecule has 0 aliphatic carbocycles. The van der Waals surface area contributed by atoms with Gasteiger partial charge in [0.1, 0.15) is 11.6 Å². The molecular weight excluding hydrogens is 870 g/mol. The summed E-state index contributed by atoms with van der Waals surface area (Å²) in [6.07, 6.45) is 0. The first-order valence-corrected chi connectivity index (χ1v) is 22.3. The highest BCUT2D eigenvalue weighted by Crippen LogP contribution is 2.44. The molecule has 12 rings (SSSR count). The van der Waals surface area contributed by atoms with Crippen molar-refractivity contribution in [1.82, 2.24) is 9.13 Å². The molecule has 0 aliphatic heterocycles. The lowest BCUT2D eigenvalue weighted by Crippen LogP contribution is -2.08. The van der Waals surface area contributed by atoms with E-state index in [9.17, 15) is 9.65 Å². The molecule has 0 radical (unpaired) electrons. The summed E-state index contributed by atoms with van der Waals surface area (Å²) in [5, 5.41) is 15.0. The van der Waals surface area contributed by atoms with Crippen LogP contribution in [0.4, 0.5) is 22.0 Å². The number of aromatic nitrogens is 2. The minimum atomic E-state index is -2.27. The fourth-order valence-electron chi connectivity index (χ4n) is 9.88. The first kappa shape index (κ1) is 41.4. The van der Waals surface area contributed by atoms with Gasteiger partial charge in [0.25, 0.3) is 0 Å². The van der Waals surface area contributed by atoms with E-state index in [1.165, 1.54) is 12.1 Å². The molecule has 0 atom stereocenters. The van der Waals surface area contributed by atoms with Crippen molar-refractivity contribution in [1.29, 1.82) is 5.26 Å². The van der Waals surface area contributed by atoms with Crippen LogP contribution in [0.3, 0.4) is 0 Å². The maximum atomic E-state index is 16.4. The predicted octanol–water partition coefficient (Wildman–Crippen LogP) is 16.8. The Morgan fingerprint density at radius 1 is 0.290 bits per heavy atom. The van der Waals surface area contributed by atoms with Gasteiger partial charge in [-0.25, -0.2) is 22.0 Å². The highest BCUT2D eigenvalue weighted by molar-refractivity contribution is 6.13. The molecule has 0 fully saturated rings. The first-order valence-electron chi connectivity index (χ1n) is 22.3. The van der Waals surface area contributed by atoms with Crippen LogP contribution in [-0.4, -0.2) is 9.13 Å². The molecule has 69 heavy (non-hydrogen) atoms. The Balaban J connectivity index is 1.27. The summed E-state index contributed by atoms with van der Waals surface area (Å²) in [6, 6.07) is 68.4. The number of hydrogen-bond acceptors (Lipinski definition) is 1. The average Bonchev–Trinajstić information content (AvgIpc) is 3.91. The standard InChI is InChI=1S/C61H34F5N3/c62-57-56(58(63)60(65)61(66)59(57)64)44-33-54(68-50-29-40(36-13-5-1-6-14-36)21-25-45(50)46-26-22-41(30-51(46)68)37-15-7-2-8-16-37)49(35-67)55(34-44)69-52-31-42(38-17-9-3-10-18-38)23-27-47(52)48-28-24-43(32-53(48)69)39-19-11-4-12-20-39/h1-34H. The third-order valence-corrected chi connectivity index (χ3v) is 13.2. The van der Waals surface area contributed by atoms with E-state index in [4.69, 9.17) is 0 Å². The van der Waals surface area contributed by atoms with E-state index in [1.54, 1.807) is 0 Å². The maximum absolute atomic E-state index is 16.4. The van der Waals surface area contributed by atoms with Gasteiger partial charge < -0.3 is 9.13 Å². The molecule has 2 aromatic heterocycles. The number of rotatable bonds is 7. The second kappa shape index (κ2) is 16.4. The fourth-order valence-corrected chi connectivity index (χ4v) is 9.88. The molecule has 2 heterocycles. The molecule has 8 heteroatoms. The Morgan fingerprint density at radius 2 is 0.565 bits per heavy atom. The lowest BCUT2D eigenvalue weighted by atomic mass is 9.98. The summed E-state index contributed by atoms with van der Waals surface area (Å²) in [5.41, 5.74) is 8.67. The Kier molecular flexibility index (Phi) is 9.82. The quantitative estimate of drug-likeness (QED) is 0.0891. The van der Waals surface area contributed by atoms with E-state index >= 15 is 17.6 Å². The molecule has 10 aromatic carbocycles.